The summed E-state index contributed by atoms with van der Waals surface area (Å²) in [5, 5.41) is 8.14. The average Bonchev–Trinajstić information content (AvgIpc) is 2.18. The predicted molar refractivity (Wildman–Crippen MR) is 55.8 cm³/mol. The largest absolute Gasteiger partial charge is 0.303 e. The zero-order chi connectivity index (χ0) is 10.6. The van der Waals surface area contributed by atoms with Gasteiger partial charge in [0.1, 0.15) is 6.29 Å². The first-order chi connectivity index (χ1) is 6.66. The van der Waals surface area contributed by atoms with E-state index in [0.717, 1.165) is 23.8 Å². The molecule has 3 nitrogen and oxygen atoms in total. The standard InChI is InChI=1S/C9H10Cl2N2O/c1-6-7(4-2-3-5-14)9(11)13-12-8(6)10/h5H,2-4H2,1H3. The molecule has 0 aliphatic carbocycles. The second-order valence-electron chi connectivity index (χ2n) is 2.94. The van der Waals surface area contributed by atoms with E-state index in [1.165, 1.54) is 0 Å². The number of hydrogen-bond donors (Lipinski definition) is 0. The van der Waals surface area contributed by atoms with Gasteiger partial charge in [0.25, 0.3) is 0 Å². The predicted octanol–water partition coefficient (Wildman–Crippen LogP) is 2.61. The lowest BCUT2D eigenvalue weighted by molar-refractivity contribution is -0.107. The minimum Gasteiger partial charge on any atom is -0.303 e. The van der Waals surface area contributed by atoms with Crippen molar-refractivity contribution in [3.8, 4) is 0 Å². The Bertz CT molecular complexity index is 342. The molecule has 0 bridgehead atoms. The lowest BCUT2D eigenvalue weighted by Gasteiger charge is -2.06. The lowest BCUT2D eigenvalue weighted by Crippen LogP contribution is -1.98. The van der Waals surface area contributed by atoms with Crippen LogP contribution in [-0.2, 0) is 11.2 Å². The Morgan fingerprint density at radius 2 is 1.93 bits per heavy atom. The number of unbranched alkanes of at least 4 members (excludes halogenated alkanes) is 1. The number of aldehydes is 1. The van der Waals surface area contributed by atoms with Gasteiger partial charge in [0.2, 0.25) is 0 Å². The number of rotatable bonds is 4. The fraction of sp³-hybridized carbons (Fsp3) is 0.444. The van der Waals surface area contributed by atoms with E-state index in [9.17, 15) is 4.79 Å². The van der Waals surface area contributed by atoms with E-state index >= 15 is 0 Å². The summed E-state index contributed by atoms with van der Waals surface area (Å²) in [6.45, 7) is 1.85. The van der Waals surface area contributed by atoms with Gasteiger partial charge < -0.3 is 4.79 Å². The molecule has 14 heavy (non-hydrogen) atoms. The molecule has 0 saturated carbocycles. The Labute approximate surface area is 92.4 Å². The van der Waals surface area contributed by atoms with Crippen molar-refractivity contribution in [3.63, 3.8) is 0 Å². The second-order valence-corrected chi connectivity index (χ2v) is 3.66. The molecule has 1 rings (SSSR count). The van der Waals surface area contributed by atoms with Crippen molar-refractivity contribution in [2.45, 2.75) is 26.2 Å². The Hall–Kier alpha value is -0.670. The quantitative estimate of drug-likeness (QED) is 0.593. The van der Waals surface area contributed by atoms with Gasteiger partial charge in [-0.15, -0.1) is 10.2 Å². The molecule has 0 saturated heterocycles. The summed E-state index contributed by atoms with van der Waals surface area (Å²) in [7, 11) is 0. The second kappa shape index (κ2) is 5.27. The van der Waals surface area contributed by atoms with Gasteiger partial charge in [-0.3, -0.25) is 0 Å². The molecular weight excluding hydrogens is 223 g/mol. The summed E-state index contributed by atoms with van der Waals surface area (Å²) >= 11 is 11.7. The minimum absolute atomic E-state index is 0.371. The number of halogens is 2. The van der Waals surface area contributed by atoms with E-state index in [0.29, 0.717) is 23.1 Å². The fourth-order valence-corrected chi connectivity index (χ4v) is 1.58. The van der Waals surface area contributed by atoms with Crippen molar-refractivity contribution in [2.24, 2.45) is 0 Å². The average molecular weight is 233 g/mol. The highest BCUT2D eigenvalue weighted by Crippen LogP contribution is 2.23. The van der Waals surface area contributed by atoms with Crippen LogP contribution in [0.3, 0.4) is 0 Å². The molecule has 0 aliphatic rings. The van der Waals surface area contributed by atoms with Crippen LogP contribution >= 0.6 is 23.2 Å². The summed E-state index contributed by atoms with van der Waals surface area (Å²) in [6, 6.07) is 0. The summed E-state index contributed by atoms with van der Waals surface area (Å²) in [6.07, 6.45) is 2.87. The third-order valence-corrected chi connectivity index (χ3v) is 2.65. The van der Waals surface area contributed by atoms with E-state index in [1.807, 2.05) is 6.92 Å². The van der Waals surface area contributed by atoms with E-state index in [-0.39, 0.29) is 0 Å². The Morgan fingerprint density at radius 1 is 1.29 bits per heavy atom. The summed E-state index contributed by atoms with van der Waals surface area (Å²) in [5.41, 5.74) is 1.73. The Balaban J connectivity index is 2.83. The van der Waals surface area contributed by atoms with E-state index < -0.39 is 0 Å². The lowest BCUT2D eigenvalue weighted by atomic mass is 10.1. The van der Waals surface area contributed by atoms with Crippen molar-refractivity contribution < 1.29 is 4.79 Å². The number of hydrogen-bond acceptors (Lipinski definition) is 3. The van der Waals surface area contributed by atoms with E-state index in [4.69, 9.17) is 23.2 Å². The number of carbonyl (C=O) groups excluding carboxylic acids is 1. The van der Waals surface area contributed by atoms with Crippen molar-refractivity contribution in [1.29, 1.82) is 0 Å². The van der Waals surface area contributed by atoms with Crippen LogP contribution in [-0.4, -0.2) is 16.5 Å². The van der Waals surface area contributed by atoms with Gasteiger partial charge in [-0.2, -0.15) is 0 Å². The molecule has 1 aromatic rings. The maximum Gasteiger partial charge on any atom is 0.155 e. The van der Waals surface area contributed by atoms with Gasteiger partial charge in [0, 0.05) is 6.42 Å². The van der Waals surface area contributed by atoms with Gasteiger partial charge in [-0.05, 0) is 30.9 Å². The van der Waals surface area contributed by atoms with Crippen LogP contribution in [0.15, 0.2) is 0 Å². The van der Waals surface area contributed by atoms with Crippen molar-refractivity contribution in [1.82, 2.24) is 10.2 Å². The van der Waals surface area contributed by atoms with Crippen LogP contribution in [0.5, 0.6) is 0 Å². The molecule has 0 radical (unpaired) electrons. The molecule has 0 aromatic carbocycles. The monoisotopic (exact) mass is 232 g/mol. The van der Waals surface area contributed by atoms with Crippen LogP contribution < -0.4 is 0 Å². The molecular formula is C9H10Cl2N2O. The van der Waals surface area contributed by atoms with Crippen LogP contribution in [0.2, 0.25) is 10.3 Å². The zero-order valence-electron chi connectivity index (χ0n) is 7.76. The summed E-state index contributed by atoms with van der Waals surface area (Å²) in [4.78, 5) is 10.1. The highest BCUT2D eigenvalue weighted by molar-refractivity contribution is 6.32. The van der Waals surface area contributed by atoms with Crippen LogP contribution in [0.25, 0.3) is 0 Å². The van der Waals surface area contributed by atoms with Crippen LogP contribution in [0, 0.1) is 6.92 Å². The number of nitrogens with zero attached hydrogens (tertiary/aromatic N) is 2. The Morgan fingerprint density at radius 3 is 2.57 bits per heavy atom. The van der Waals surface area contributed by atoms with Crippen LogP contribution in [0.4, 0.5) is 0 Å². The molecule has 0 unspecified atom stereocenters. The molecule has 0 aliphatic heterocycles. The molecule has 0 amide bonds. The number of aromatic nitrogens is 2. The zero-order valence-corrected chi connectivity index (χ0v) is 9.27. The molecule has 1 aromatic heterocycles. The normalized spacial score (nSPS) is 10.2. The number of carbonyl (C=O) groups is 1. The molecule has 0 N–H and O–H groups in total. The Kier molecular flexibility index (Phi) is 4.29. The van der Waals surface area contributed by atoms with Gasteiger partial charge in [0.15, 0.2) is 10.3 Å². The van der Waals surface area contributed by atoms with E-state index in [1.54, 1.807) is 0 Å². The van der Waals surface area contributed by atoms with E-state index in [2.05, 4.69) is 10.2 Å². The molecule has 5 heteroatoms. The summed E-state index contributed by atoms with van der Waals surface area (Å²) in [5.74, 6) is 0. The van der Waals surface area contributed by atoms with Gasteiger partial charge in [0.05, 0.1) is 0 Å². The van der Waals surface area contributed by atoms with Gasteiger partial charge >= 0.3 is 0 Å². The third-order valence-electron chi connectivity index (χ3n) is 1.99. The maximum absolute atomic E-state index is 10.1. The van der Waals surface area contributed by atoms with Crippen molar-refractivity contribution >= 4 is 29.5 Å². The van der Waals surface area contributed by atoms with Crippen LogP contribution in [0.1, 0.15) is 24.0 Å². The fourth-order valence-electron chi connectivity index (χ4n) is 1.16. The molecule has 0 spiro atoms. The summed E-state index contributed by atoms with van der Waals surface area (Å²) < 4.78 is 0. The van der Waals surface area contributed by atoms with Crippen molar-refractivity contribution in [3.05, 3.63) is 21.4 Å². The highest BCUT2D eigenvalue weighted by Gasteiger charge is 2.09. The SMILES string of the molecule is Cc1c(Cl)nnc(Cl)c1CCCC=O. The highest BCUT2D eigenvalue weighted by atomic mass is 35.5. The molecule has 1 heterocycles. The molecule has 0 atom stereocenters. The minimum atomic E-state index is 0.371. The van der Waals surface area contributed by atoms with Crippen molar-refractivity contribution in [2.75, 3.05) is 0 Å². The van der Waals surface area contributed by atoms with Gasteiger partial charge in [-0.25, -0.2) is 0 Å². The molecule has 76 valence electrons. The maximum atomic E-state index is 10.1. The molecule has 0 fully saturated rings. The topological polar surface area (TPSA) is 42.9 Å². The first-order valence-corrected chi connectivity index (χ1v) is 5.03. The third kappa shape index (κ3) is 2.66. The first kappa shape index (κ1) is 11.4. The van der Waals surface area contributed by atoms with Gasteiger partial charge in [-0.1, -0.05) is 23.2 Å². The first-order valence-electron chi connectivity index (χ1n) is 4.27. The smallest absolute Gasteiger partial charge is 0.155 e.